The van der Waals surface area contributed by atoms with E-state index in [0.717, 1.165) is 22.7 Å². The van der Waals surface area contributed by atoms with Gasteiger partial charge in [0.15, 0.2) is 0 Å². The molecule has 21 heavy (non-hydrogen) atoms. The highest BCUT2D eigenvalue weighted by molar-refractivity contribution is 7.15. The number of aryl methyl sites for hydroxylation is 1. The molecule has 112 valence electrons. The molecule has 1 aromatic heterocycles. The lowest BCUT2D eigenvalue weighted by atomic mass is 10.1. The summed E-state index contributed by atoms with van der Waals surface area (Å²) in [4.78, 5) is 12.2. The summed E-state index contributed by atoms with van der Waals surface area (Å²) < 4.78 is 0. The molecule has 0 saturated carbocycles. The third-order valence-corrected chi connectivity index (χ3v) is 3.77. The van der Waals surface area contributed by atoms with Crippen LogP contribution in [0.15, 0.2) is 18.2 Å². The Hall–Kier alpha value is -1.99. The number of hydrazine groups is 1. The van der Waals surface area contributed by atoms with Crippen molar-refractivity contribution in [3.63, 3.8) is 0 Å². The van der Waals surface area contributed by atoms with Gasteiger partial charge < -0.3 is 5.43 Å². The Morgan fingerprint density at radius 2 is 2.14 bits per heavy atom. The summed E-state index contributed by atoms with van der Waals surface area (Å²) in [7, 11) is 0. The minimum atomic E-state index is -0.191. The van der Waals surface area contributed by atoms with Crippen molar-refractivity contribution in [1.82, 2.24) is 10.2 Å². The summed E-state index contributed by atoms with van der Waals surface area (Å²) in [6.07, 6.45) is 0.865. The molecule has 1 heterocycles. The van der Waals surface area contributed by atoms with Crippen molar-refractivity contribution in [2.45, 2.75) is 27.2 Å². The quantitative estimate of drug-likeness (QED) is 0.583. The molecule has 1 amide bonds. The Kier molecular flexibility index (Phi) is 4.87. The predicted molar refractivity (Wildman–Crippen MR) is 85.4 cm³/mol. The maximum atomic E-state index is 12.2. The van der Waals surface area contributed by atoms with Crippen LogP contribution < -0.4 is 16.6 Å². The van der Waals surface area contributed by atoms with Crippen LogP contribution in [0.1, 0.15) is 34.8 Å². The van der Waals surface area contributed by atoms with Gasteiger partial charge in [-0.15, -0.1) is 10.2 Å². The van der Waals surface area contributed by atoms with E-state index in [1.54, 1.807) is 12.1 Å². The molecule has 4 N–H and O–H groups in total. The van der Waals surface area contributed by atoms with Crippen LogP contribution in [-0.4, -0.2) is 16.1 Å². The van der Waals surface area contributed by atoms with Gasteiger partial charge in [-0.2, -0.15) is 0 Å². The summed E-state index contributed by atoms with van der Waals surface area (Å²) in [6.45, 7) is 6.10. The first-order valence-corrected chi connectivity index (χ1v) is 7.52. The van der Waals surface area contributed by atoms with Gasteiger partial charge in [0.05, 0.1) is 0 Å². The largest absolute Gasteiger partial charge is 0.324 e. The highest BCUT2D eigenvalue weighted by Crippen LogP contribution is 2.20. The van der Waals surface area contributed by atoms with Gasteiger partial charge in [-0.1, -0.05) is 25.2 Å². The lowest BCUT2D eigenvalue weighted by Gasteiger charge is -2.07. The maximum Gasteiger partial charge on any atom is 0.257 e. The first-order chi connectivity index (χ1) is 9.99. The molecule has 2 aromatic rings. The van der Waals surface area contributed by atoms with E-state index >= 15 is 0 Å². The summed E-state index contributed by atoms with van der Waals surface area (Å²) in [5.41, 5.74) is 4.75. The third kappa shape index (κ3) is 3.99. The molecular weight excluding hydrogens is 286 g/mol. The Balaban J connectivity index is 2.09. The van der Waals surface area contributed by atoms with E-state index in [-0.39, 0.29) is 5.91 Å². The molecule has 0 aliphatic heterocycles. The molecule has 6 nitrogen and oxygen atoms in total. The summed E-state index contributed by atoms with van der Waals surface area (Å²) in [5, 5.41) is 12.3. The zero-order valence-corrected chi connectivity index (χ0v) is 13.1. The van der Waals surface area contributed by atoms with Gasteiger partial charge in [-0.3, -0.25) is 16.0 Å². The van der Waals surface area contributed by atoms with Crippen molar-refractivity contribution in [3.05, 3.63) is 34.3 Å². The van der Waals surface area contributed by atoms with Gasteiger partial charge in [0.1, 0.15) is 5.01 Å². The van der Waals surface area contributed by atoms with E-state index in [4.69, 9.17) is 5.84 Å². The van der Waals surface area contributed by atoms with Gasteiger partial charge in [0, 0.05) is 17.7 Å². The Bertz CT molecular complexity index is 638. The first-order valence-electron chi connectivity index (χ1n) is 6.70. The Morgan fingerprint density at radius 1 is 1.38 bits per heavy atom. The van der Waals surface area contributed by atoms with Gasteiger partial charge in [-0.05, 0) is 36.6 Å². The number of carbonyl (C=O) groups is 1. The van der Waals surface area contributed by atoms with Crippen LogP contribution >= 0.6 is 11.3 Å². The molecule has 0 spiro atoms. The van der Waals surface area contributed by atoms with Gasteiger partial charge in [0.25, 0.3) is 5.91 Å². The molecule has 0 saturated heterocycles. The van der Waals surface area contributed by atoms with Crippen molar-refractivity contribution >= 4 is 28.1 Å². The molecule has 2 rings (SSSR count). The second kappa shape index (κ2) is 6.64. The normalized spacial score (nSPS) is 10.7. The Morgan fingerprint density at radius 3 is 2.76 bits per heavy atom. The van der Waals surface area contributed by atoms with Gasteiger partial charge >= 0.3 is 0 Å². The molecule has 1 aromatic carbocycles. The standard InChI is InChI=1S/C14H19N5OS/c1-8(2)6-12-18-19-14(21-12)16-13(20)11-5-4-10(17-15)7-9(11)3/h4-5,7-8,17H,6,15H2,1-3H3,(H,16,19,20). The maximum absolute atomic E-state index is 12.2. The van der Waals surface area contributed by atoms with Crippen LogP contribution in [0.2, 0.25) is 0 Å². The molecule has 0 aliphatic carbocycles. The van der Waals surface area contributed by atoms with Crippen molar-refractivity contribution in [1.29, 1.82) is 0 Å². The van der Waals surface area contributed by atoms with Crippen molar-refractivity contribution < 1.29 is 4.79 Å². The van der Waals surface area contributed by atoms with Gasteiger partial charge in [0.2, 0.25) is 5.13 Å². The molecule has 0 radical (unpaired) electrons. The number of carbonyl (C=O) groups excluding carboxylic acids is 1. The molecule has 7 heteroatoms. The summed E-state index contributed by atoms with van der Waals surface area (Å²) >= 11 is 1.41. The fourth-order valence-electron chi connectivity index (χ4n) is 1.91. The molecule has 0 bridgehead atoms. The lowest BCUT2D eigenvalue weighted by Crippen LogP contribution is -2.14. The highest BCUT2D eigenvalue weighted by Gasteiger charge is 2.13. The zero-order chi connectivity index (χ0) is 15.4. The zero-order valence-electron chi connectivity index (χ0n) is 12.3. The average Bonchev–Trinajstić information content (AvgIpc) is 2.84. The van der Waals surface area contributed by atoms with E-state index < -0.39 is 0 Å². The lowest BCUT2D eigenvalue weighted by molar-refractivity contribution is 0.102. The number of hydrogen-bond donors (Lipinski definition) is 3. The first kappa shape index (κ1) is 15.4. The molecular formula is C14H19N5OS. The second-order valence-electron chi connectivity index (χ2n) is 5.23. The van der Waals surface area contributed by atoms with Crippen LogP contribution in [-0.2, 0) is 6.42 Å². The van der Waals surface area contributed by atoms with Crippen LogP contribution in [0.25, 0.3) is 0 Å². The summed E-state index contributed by atoms with van der Waals surface area (Å²) in [5.74, 6) is 5.67. The fraction of sp³-hybridized carbons (Fsp3) is 0.357. The van der Waals surface area contributed by atoms with E-state index in [2.05, 4.69) is 34.8 Å². The van der Waals surface area contributed by atoms with Crippen LogP contribution in [0.3, 0.4) is 0 Å². The minimum absolute atomic E-state index is 0.191. The smallest absolute Gasteiger partial charge is 0.257 e. The number of amides is 1. The highest BCUT2D eigenvalue weighted by atomic mass is 32.1. The molecule has 0 unspecified atom stereocenters. The summed E-state index contributed by atoms with van der Waals surface area (Å²) in [6, 6.07) is 5.31. The number of aromatic nitrogens is 2. The number of anilines is 2. The van der Waals surface area contributed by atoms with Crippen LogP contribution in [0.4, 0.5) is 10.8 Å². The third-order valence-electron chi connectivity index (χ3n) is 2.91. The van der Waals surface area contributed by atoms with E-state index in [1.807, 2.05) is 13.0 Å². The van der Waals surface area contributed by atoms with Crippen LogP contribution in [0.5, 0.6) is 0 Å². The van der Waals surface area contributed by atoms with E-state index in [0.29, 0.717) is 16.6 Å². The number of nitrogens with one attached hydrogen (secondary N) is 2. The van der Waals surface area contributed by atoms with Crippen molar-refractivity contribution in [2.75, 3.05) is 10.7 Å². The topological polar surface area (TPSA) is 92.9 Å². The van der Waals surface area contributed by atoms with E-state index in [9.17, 15) is 4.79 Å². The second-order valence-corrected chi connectivity index (χ2v) is 6.29. The fourth-order valence-corrected chi connectivity index (χ4v) is 2.86. The monoisotopic (exact) mass is 305 g/mol. The predicted octanol–water partition coefficient (Wildman–Crippen LogP) is 2.58. The molecule has 0 atom stereocenters. The van der Waals surface area contributed by atoms with Gasteiger partial charge in [-0.25, -0.2) is 0 Å². The SMILES string of the molecule is Cc1cc(NN)ccc1C(=O)Nc1nnc(CC(C)C)s1. The number of nitrogens with zero attached hydrogens (tertiary/aromatic N) is 2. The van der Waals surface area contributed by atoms with Crippen molar-refractivity contribution in [2.24, 2.45) is 11.8 Å². The minimum Gasteiger partial charge on any atom is -0.324 e. The molecule has 0 fully saturated rings. The number of hydrogen-bond acceptors (Lipinski definition) is 6. The number of benzene rings is 1. The van der Waals surface area contributed by atoms with E-state index in [1.165, 1.54) is 11.3 Å². The number of rotatable bonds is 5. The Labute approximate surface area is 127 Å². The molecule has 0 aliphatic rings. The van der Waals surface area contributed by atoms with Crippen molar-refractivity contribution in [3.8, 4) is 0 Å². The number of nitrogen functional groups attached to an aromatic ring is 1. The average molecular weight is 305 g/mol. The van der Waals surface area contributed by atoms with Crippen LogP contribution in [0, 0.1) is 12.8 Å². The number of nitrogens with two attached hydrogens (primary N) is 1.